The Morgan fingerprint density at radius 2 is 1.93 bits per heavy atom. The lowest BCUT2D eigenvalue weighted by Crippen LogP contribution is -2.48. The van der Waals surface area contributed by atoms with Crippen LogP contribution in [0.5, 0.6) is 0 Å². The molecular weight excluding hydrogens is 211 g/mol. The van der Waals surface area contributed by atoms with Crippen molar-refractivity contribution in [2.24, 2.45) is 0 Å². The molecule has 1 atom stereocenters. The second kappa shape index (κ2) is 5.14. The Morgan fingerprint density at radius 1 is 1.33 bits per heavy atom. The van der Waals surface area contributed by atoms with E-state index in [-0.39, 0.29) is 19.2 Å². The summed E-state index contributed by atoms with van der Waals surface area (Å²) in [6.45, 7) is -0.423. The fourth-order valence-corrected chi connectivity index (χ4v) is 1.63. The monoisotopic (exact) mass is 227 g/mol. The summed E-state index contributed by atoms with van der Waals surface area (Å²) in [5.74, 6) is 0. The van der Waals surface area contributed by atoms with Gasteiger partial charge in [0.25, 0.3) is 0 Å². The predicted octanol–water partition coefficient (Wildman–Crippen LogP) is 0.756. The molecular formula is C9H16F3NO2. The van der Waals surface area contributed by atoms with Crippen molar-refractivity contribution in [1.29, 1.82) is 0 Å². The highest BCUT2D eigenvalue weighted by Gasteiger charge is 2.40. The van der Waals surface area contributed by atoms with Crippen molar-refractivity contribution in [3.63, 3.8) is 0 Å². The zero-order valence-corrected chi connectivity index (χ0v) is 8.37. The van der Waals surface area contributed by atoms with Gasteiger partial charge in [-0.3, -0.25) is 4.90 Å². The molecule has 0 aromatic rings. The molecule has 1 unspecified atom stereocenters. The van der Waals surface area contributed by atoms with E-state index in [4.69, 9.17) is 10.2 Å². The van der Waals surface area contributed by atoms with Crippen molar-refractivity contribution in [3.8, 4) is 0 Å². The third-order valence-electron chi connectivity index (χ3n) is 2.76. The summed E-state index contributed by atoms with van der Waals surface area (Å²) >= 11 is 0. The Kier molecular flexibility index (Phi) is 4.36. The molecule has 90 valence electrons. The summed E-state index contributed by atoms with van der Waals surface area (Å²) in [5.41, 5.74) is 0. The molecule has 0 aromatic heterocycles. The van der Waals surface area contributed by atoms with Crippen molar-refractivity contribution in [1.82, 2.24) is 4.90 Å². The smallest absolute Gasteiger partial charge is 0.395 e. The third kappa shape index (κ3) is 3.62. The van der Waals surface area contributed by atoms with Crippen LogP contribution in [0.2, 0.25) is 0 Å². The fourth-order valence-electron chi connectivity index (χ4n) is 1.63. The summed E-state index contributed by atoms with van der Waals surface area (Å²) in [6, 6.07) is 0.0918. The molecule has 1 aliphatic rings. The average Bonchev–Trinajstić information content (AvgIpc) is 1.99. The molecule has 0 amide bonds. The van der Waals surface area contributed by atoms with E-state index in [2.05, 4.69) is 0 Å². The van der Waals surface area contributed by atoms with Crippen LogP contribution in [-0.2, 0) is 0 Å². The van der Waals surface area contributed by atoms with Gasteiger partial charge in [-0.2, -0.15) is 13.2 Å². The van der Waals surface area contributed by atoms with E-state index < -0.39 is 18.8 Å². The first-order valence-electron chi connectivity index (χ1n) is 5.05. The van der Waals surface area contributed by atoms with Crippen LogP contribution < -0.4 is 0 Å². The minimum atomic E-state index is -4.57. The van der Waals surface area contributed by atoms with Crippen LogP contribution >= 0.6 is 0 Å². The molecule has 1 fully saturated rings. The third-order valence-corrected chi connectivity index (χ3v) is 2.76. The molecule has 0 saturated heterocycles. The Labute approximate surface area is 86.5 Å². The number of alkyl halides is 3. The molecule has 0 spiro atoms. The van der Waals surface area contributed by atoms with Gasteiger partial charge in [0, 0.05) is 19.1 Å². The van der Waals surface area contributed by atoms with Gasteiger partial charge in [0.2, 0.25) is 0 Å². The minimum Gasteiger partial charge on any atom is -0.395 e. The molecule has 0 aromatic carbocycles. The molecule has 1 aliphatic carbocycles. The van der Waals surface area contributed by atoms with Gasteiger partial charge in [0.1, 0.15) is 0 Å². The van der Waals surface area contributed by atoms with Gasteiger partial charge in [-0.25, -0.2) is 0 Å². The maximum absolute atomic E-state index is 12.1. The summed E-state index contributed by atoms with van der Waals surface area (Å²) in [6.07, 6.45) is -4.17. The first kappa shape index (κ1) is 12.7. The van der Waals surface area contributed by atoms with Gasteiger partial charge in [-0.1, -0.05) is 6.42 Å². The Morgan fingerprint density at radius 3 is 2.27 bits per heavy atom. The van der Waals surface area contributed by atoms with E-state index in [0.29, 0.717) is 0 Å². The maximum atomic E-state index is 12.1. The molecule has 6 heteroatoms. The molecule has 0 radical (unpaired) electrons. The molecule has 1 saturated carbocycles. The highest BCUT2D eigenvalue weighted by molar-refractivity contribution is 4.82. The largest absolute Gasteiger partial charge is 0.415 e. The number of hydrogen-bond acceptors (Lipinski definition) is 3. The van der Waals surface area contributed by atoms with Crippen molar-refractivity contribution >= 4 is 0 Å². The highest BCUT2D eigenvalue weighted by atomic mass is 19.4. The van der Waals surface area contributed by atoms with E-state index >= 15 is 0 Å². The van der Waals surface area contributed by atoms with Gasteiger partial charge in [0.05, 0.1) is 6.61 Å². The molecule has 3 nitrogen and oxygen atoms in total. The van der Waals surface area contributed by atoms with E-state index in [9.17, 15) is 13.2 Å². The maximum Gasteiger partial charge on any atom is 0.415 e. The van der Waals surface area contributed by atoms with Gasteiger partial charge < -0.3 is 10.2 Å². The quantitative estimate of drug-likeness (QED) is 0.728. The number of aliphatic hydroxyl groups is 2. The average molecular weight is 227 g/mol. The lowest BCUT2D eigenvalue weighted by molar-refractivity contribution is -0.210. The van der Waals surface area contributed by atoms with Crippen molar-refractivity contribution < 1.29 is 23.4 Å². The number of hydrogen-bond donors (Lipinski definition) is 2. The van der Waals surface area contributed by atoms with Gasteiger partial charge in [-0.05, 0) is 12.8 Å². The molecule has 0 heterocycles. The normalized spacial score (nSPS) is 20.4. The molecule has 0 bridgehead atoms. The van der Waals surface area contributed by atoms with E-state index in [1.807, 2.05) is 0 Å². The lowest BCUT2D eigenvalue weighted by Gasteiger charge is -2.38. The molecule has 2 N–H and O–H groups in total. The zero-order valence-electron chi connectivity index (χ0n) is 8.37. The van der Waals surface area contributed by atoms with Crippen LogP contribution in [0.4, 0.5) is 13.2 Å². The van der Waals surface area contributed by atoms with E-state index in [0.717, 1.165) is 19.3 Å². The van der Waals surface area contributed by atoms with Crippen molar-refractivity contribution in [2.75, 3.05) is 19.7 Å². The standard InChI is InChI=1S/C9H16F3NO2/c10-9(11,12)8(15)6-13(4-5-14)7-2-1-3-7/h7-8,14-15H,1-6H2. The first-order chi connectivity index (χ1) is 6.95. The van der Waals surface area contributed by atoms with Crippen LogP contribution in [0.15, 0.2) is 0 Å². The van der Waals surface area contributed by atoms with Crippen LogP contribution in [0.25, 0.3) is 0 Å². The number of halogens is 3. The van der Waals surface area contributed by atoms with Crippen LogP contribution in [0, 0.1) is 0 Å². The summed E-state index contributed by atoms with van der Waals surface area (Å²) in [4.78, 5) is 1.52. The van der Waals surface area contributed by atoms with Crippen LogP contribution in [0.1, 0.15) is 19.3 Å². The van der Waals surface area contributed by atoms with Crippen molar-refractivity contribution in [3.05, 3.63) is 0 Å². The number of nitrogens with zero attached hydrogens (tertiary/aromatic N) is 1. The van der Waals surface area contributed by atoms with Crippen LogP contribution in [-0.4, -0.2) is 53.1 Å². The molecule has 15 heavy (non-hydrogen) atoms. The highest BCUT2D eigenvalue weighted by Crippen LogP contribution is 2.27. The molecule has 0 aliphatic heterocycles. The second-order valence-electron chi connectivity index (χ2n) is 3.86. The Hall–Kier alpha value is -0.330. The second-order valence-corrected chi connectivity index (χ2v) is 3.86. The van der Waals surface area contributed by atoms with Gasteiger partial charge >= 0.3 is 6.18 Å². The van der Waals surface area contributed by atoms with E-state index in [1.54, 1.807) is 0 Å². The van der Waals surface area contributed by atoms with Crippen molar-refractivity contribution in [2.45, 2.75) is 37.6 Å². The zero-order chi connectivity index (χ0) is 11.5. The van der Waals surface area contributed by atoms with Gasteiger partial charge in [0.15, 0.2) is 6.10 Å². The predicted molar refractivity (Wildman–Crippen MR) is 48.4 cm³/mol. The van der Waals surface area contributed by atoms with E-state index in [1.165, 1.54) is 4.90 Å². The summed E-state index contributed by atoms with van der Waals surface area (Å²) in [5, 5.41) is 17.6. The number of rotatable bonds is 5. The summed E-state index contributed by atoms with van der Waals surface area (Å²) in [7, 11) is 0. The lowest BCUT2D eigenvalue weighted by atomic mass is 9.91. The minimum absolute atomic E-state index is 0.0918. The van der Waals surface area contributed by atoms with Crippen LogP contribution in [0.3, 0.4) is 0 Å². The summed E-state index contributed by atoms with van der Waals surface area (Å²) < 4.78 is 36.3. The first-order valence-corrected chi connectivity index (χ1v) is 5.05. The Balaban J connectivity index is 2.42. The topological polar surface area (TPSA) is 43.7 Å². The van der Waals surface area contributed by atoms with Gasteiger partial charge in [-0.15, -0.1) is 0 Å². The SMILES string of the molecule is OCCN(CC(O)C(F)(F)F)C1CCC1. The fraction of sp³-hybridized carbons (Fsp3) is 1.00. The molecule has 1 rings (SSSR count). The number of aliphatic hydroxyl groups excluding tert-OH is 2. The Bertz CT molecular complexity index is 194.